The number of H-pyrrole nitrogens is 1. The third-order valence-corrected chi connectivity index (χ3v) is 6.16. The number of carbonyl (C=O) groups is 1. The van der Waals surface area contributed by atoms with Crippen molar-refractivity contribution >= 4 is 23.1 Å². The van der Waals surface area contributed by atoms with E-state index in [1.54, 1.807) is 6.07 Å². The van der Waals surface area contributed by atoms with E-state index in [4.69, 9.17) is 4.74 Å². The average molecular weight is 448 g/mol. The van der Waals surface area contributed by atoms with Crippen LogP contribution in [0.1, 0.15) is 23.2 Å². The van der Waals surface area contributed by atoms with E-state index < -0.39 is 0 Å². The van der Waals surface area contributed by atoms with Crippen LogP contribution in [-0.2, 0) is 17.6 Å². The molecule has 1 aliphatic rings. The van der Waals surface area contributed by atoms with Gasteiger partial charge >= 0.3 is 0 Å². The second-order valence-corrected chi connectivity index (χ2v) is 8.57. The number of aromatic amines is 1. The maximum atomic E-state index is 12.6. The molecule has 0 unspecified atom stereocenters. The largest absolute Gasteiger partial charge is 0.484 e. The number of hydrogen-bond acceptors (Lipinski definition) is 6. The average Bonchev–Trinajstić information content (AvgIpc) is 3.53. The van der Waals surface area contributed by atoms with Crippen molar-refractivity contribution < 1.29 is 9.53 Å². The summed E-state index contributed by atoms with van der Waals surface area (Å²) >= 11 is 1.54. The number of benzene rings is 1. The molecule has 0 radical (unpaired) electrons. The number of fused-ring (bicyclic) bond motifs is 1. The Hall–Kier alpha value is -3.72. The van der Waals surface area contributed by atoms with Crippen molar-refractivity contribution in [1.29, 1.82) is 0 Å². The lowest BCUT2D eigenvalue weighted by Gasteiger charge is -2.10. The van der Waals surface area contributed by atoms with Gasteiger partial charge in [-0.3, -0.25) is 14.6 Å². The van der Waals surface area contributed by atoms with E-state index in [0.29, 0.717) is 17.3 Å². The van der Waals surface area contributed by atoms with Gasteiger partial charge in [-0.15, -0.1) is 11.3 Å². The second kappa shape index (κ2) is 8.43. The molecule has 1 amide bonds. The van der Waals surface area contributed by atoms with Crippen LogP contribution in [0.15, 0.2) is 52.6 Å². The lowest BCUT2D eigenvalue weighted by atomic mass is 10.2. The molecule has 3 aromatic heterocycles. The van der Waals surface area contributed by atoms with Gasteiger partial charge in [-0.25, -0.2) is 4.98 Å². The van der Waals surface area contributed by atoms with Gasteiger partial charge in [-0.1, -0.05) is 23.8 Å². The fraction of sp³-hybridized carbons (Fsp3) is 0.217. The highest BCUT2D eigenvalue weighted by molar-refractivity contribution is 7.13. The summed E-state index contributed by atoms with van der Waals surface area (Å²) in [5.74, 6) is 0.969. The molecule has 0 atom stereocenters. The summed E-state index contributed by atoms with van der Waals surface area (Å²) in [6.07, 6.45) is 2.41. The van der Waals surface area contributed by atoms with Crippen molar-refractivity contribution in [3.8, 4) is 22.3 Å². The molecule has 0 bridgehead atoms. The zero-order valence-corrected chi connectivity index (χ0v) is 18.2. The number of amides is 1. The zero-order chi connectivity index (χ0) is 22.1. The molecule has 4 aromatic rings. The van der Waals surface area contributed by atoms with E-state index in [-0.39, 0.29) is 24.0 Å². The van der Waals surface area contributed by atoms with Crippen LogP contribution in [0.25, 0.3) is 16.5 Å². The number of nitrogens with one attached hydrogen (secondary N) is 2. The minimum Gasteiger partial charge on any atom is -0.484 e. The van der Waals surface area contributed by atoms with Crippen molar-refractivity contribution in [3.63, 3.8) is 0 Å². The fourth-order valence-corrected chi connectivity index (χ4v) is 4.35. The van der Waals surface area contributed by atoms with Gasteiger partial charge in [0.25, 0.3) is 11.5 Å². The Kier molecular flexibility index (Phi) is 5.32. The Morgan fingerprint density at radius 2 is 2.09 bits per heavy atom. The van der Waals surface area contributed by atoms with Crippen molar-refractivity contribution in [3.05, 3.63) is 75.0 Å². The van der Waals surface area contributed by atoms with Gasteiger partial charge in [0.1, 0.15) is 17.3 Å². The number of rotatable bonds is 6. The van der Waals surface area contributed by atoms with Crippen molar-refractivity contribution in [2.45, 2.75) is 26.2 Å². The van der Waals surface area contributed by atoms with Gasteiger partial charge < -0.3 is 10.1 Å². The number of nitrogens with zero attached hydrogens (tertiary/aromatic N) is 3. The predicted molar refractivity (Wildman–Crippen MR) is 123 cm³/mol. The van der Waals surface area contributed by atoms with Gasteiger partial charge in [-0.2, -0.15) is 9.78 Å². The minimum atomic E-state index is -0.340. The third kappa shape index (κ3) is 4.06. The number of carbonyl (C=O) groups excluding carboxylic acids is 1. The number of aryl methyl sites for hydroxylation is 2. The minimum absolute atomic E-state index is 0.156. The summed E-state index contributed by atoms with van der Waals surface area (Å²) in [5, 5.41) is 9.40. The van der Waals surface area contributed by atoms with E-state index in [1.165, 1.54) is 16.0 Å². The molecule has 8 nitrogen and oxygen atoms in total. The maximum Gasteiger partial charge on any atom is 0.263 e. The first-order valence-electron chi connectivity index (χ1n) is 10.3. The normalized spacial score (nSPS) is 12.5. The molecule has 1 aromatic carbocycles. The van der Waals surface area contributed by atoms with Crippen LogP contribution in [0.3, 0.4) is 0 Å². The van der Waals surface area contributed by atoms with E-state index in [9.17, 15) is 9.59 Å². The quantitative estimate of drug-likeness (QED) is 0.471. The van der Waals surface area contributed by atoms with Gasteiger partial charge in [0.2, 0.25) is 5.95 Å². The van der Waals surface area contributed by atoms with Crippen LogP contribution in [-0.4, -0.2) is 32.3 Å². The summed E-state index contributed by atoms with van der Waals surface area (Å²) in [6, 6.07) is 13.1. The Bertz CT molecular complexity index is 1320. The highest BCUT2D eigenvalue weighted by atomic mass is 32.1. The van der Waals surface area contributed by atoms with Crippen LogP contribution in [0.5, 0.6) is 5.75 Å². The lowest BCUT2D eigenvalue weighted by molar-refractivity contribution is -0.118. The second-order valence-electron chi connectivity index (χ2n) is 7.62. The van der Waals surface area contributed by atoms with Crippen LogP contribution >= 0.6 is 11.3 Å². The monoisotopic (exact) mass is 447 g/mol. The van der Waals surface area contributed by atoms with Crippen LogP contribution in [0, 0.1) is 6.92 Å². The summed E-state index contributed by atoms with van der Waals surface area (Å²) in [5.41, 5.74) is 3.16. The molecule has 3 heterocycles. The molecule has 2 N–H and O–H groups in total. The maximum absolute atomic E-state index is 12.6. The van der Waals surface area contributed by atoms with Gasteiger partial charge in [0, 0.05) is 11.6 Å². The number of ether oxygens (including phenoxy) is 1. The number of anilines is 1. The smallest absolute Gasteiger partial charge is 0.263 e. The first-order chi connectivity index (χ1) is 15.6. The Morgan fingerprint density at radius 1 is 1.25 bits per heavy atom. The van der Waals surface area contributed by atoms with Gasteiger partial charge in [0.05, 0.1) is 10.6 Å². The topological polar surface area (TPSA) is 102 Å². The molecular formula is C23H21N5O3S. The Balaban J connectivity index is 1.43. The molecule has 1 aliphatic carbocycles. The summed E-state index contributed by atoms with van der Waals surface area (Å²) in [7, 11) is 0. The molecule has 9 heteroatoms. The summed E-state index contributed by atoms with van der Waals surface area (Å²) in [6.45, 7) is 1.83. The van der Waals surface area contributed by atoms with Crippen molar-refractivity contribution in [2.75, 3.05) is 11.9 Å². The van der Waals surface area contributed by atoms with E-state index in [2.05, 4.69) is 20.4 Å². The van der Waals surface area contributed by atoms with Gasteiger partial charge in [0.15, 0.2) is 6.61 Å². The number of aromatic nitrogens is 4. The molecule has 0 aliphatic heterocycles. The molecule has 0 fully saturated rings. The molecular weight excluding hydrogens is 426 g/mol. The van der Waals surface area contributed by atoms with Crippen LogP contribution in [0.4, 0.5) is 5.82 Å². The lowest BCUT2D eigenvalue weighted by Crippen LogP contribution is -2.24. The van der Waals surface area contributed by atoms with E-state index >= 15 is 0 Å². The first kappa shape index (κ1) is 20.2. The zero-order valence-electron chi connectivity index (χ0n) is 17.4. The first-order valence-corrected chi connectivity index (χ1v) is 11.2. The Morgan fingerprint density at radius 3 is 2.88 bits per heavy atom. The fourth-order valence-electron chi connectivity index (χ4n) is 3.67. The van der Waals surface area contributed by atoms with E-state index in [0.717, 1.165) is 41.0 Å². The number of hydrogen-bond donors (Lipinski definition) is 2. The van der Waals surface area contributed by atoms with Crippen molar-refractivity contribution in [2.24, 2.45) is 0 Å². The molecule has 0 spiro atoms. The summed E-state index contributed by atoms with van der Waals surface area (Å²) < 4.78 is 7.06. The Labute approximate surface area is 187 Å². The molecule has 0 saturated carbocycles. The standard InChI is InChI=1S/C23H21N5O3S/c1-14-7-9-15(10-8-14)31-13-21(29)25-20-12-18(19-6-3-11-32-19)27-28(20)23-24-17-5-2-4-16(17)22(30)26-23/h3,6-12H,2,4-5,13H2,1H3,(H,25,29)(H,24,26,30). The van der Waals surface area contributed by atoms with Crippen LogP contribution in [0.2, 0.25) is 0 Å². The molecule has 162 valence electrons. The highest BCUT2D eigenvalue weighted by Gasteiger charge is 2.21. The molecule has 32 heavy (non-hydrogen) atoms. The SMILES string of the molecule is Cc1ccc(OCC(=O)Nc2cc(-c3cccs3)nn2-c2nc3c(c(=O)[nH]2)CCC3)cc1. The van der Waals surface area contributed by atoms with E-state index in [1.807, 2.05) is 48.7 Å². The van der Waals surface area contributed by atoms with Crippen LogP contribution < -0.4 is 15.6 Å². The summed E-state index contributed by atoms with van der Waals surface area (Å²) in [4.78, 5) is 33.5. The number of thiophene rings is 1. The highest BCUT2D eigenvalue weighted by Crippen LogP contribution is 2.28. The molecule has 0 saturated heterocycles. The predicted octanol–water partition coefficient (Wildman–Crippen LogP) is 3.50. The molecule has 5 rings (SSSR count). The van der Waals surface area contributed by atoms with Gasteiger partial charge in [-0.05, 0) is 49.8 Å². The van der Waals surface area contributed by atoms with Crippen molar-refractivity contribution in [1.82, 2.24) is 19.7 Å². The third-order valence-electron chi connectivity index (χ3n) is 5.27.